The Kier molecular flexibility index (Phi) is 2.99. The number of hydrogen-bond donors (Lipinski definition) is 1. The predicted molar refractivity (Wildman–Crippen MR) is 87.2 cm³/mol. The van der Waals surface area contributed by atoms with Crippen LogP contribution in [0.15, 0.2) is 28.5 Å². The molecule has 0 unspecified atom stereocenters. The molecule has 23 heavy (non-hydrogen) atoms. The maximum absolute atomic E-state index is 11.5. The van der Waals surface area contributed by atoms with Gasteiger partial charge in [-0.2, -0.15) is 9.78 Å². The molecule has 8 heteroatoms. The summed E-state index contributed by atoms with van der Waals surface area (Å²) < 4.78 is 6.90. The summed E-state index contributed by atoms with van der Waals surface area (Å²) in [5.74, 6) is 1.28. The van der Waals surface area contributed by atoms with E-state index in [9.17, 15) is 4.79 Å². The number of ether oxygens (including phenoxy) is 1. The van der Waals surface area contributed by atoms with E-state index in [1.165, 1.54) is 0 Å². The van der Waals surface area contributed by atoms with E-state index >= 15 is 0 Å². The summed E-state index contributed by atoms with van der Waals surface area (Å²) in [5, 5.41) is 16.6. The van der Waals surface area contributed by atoms with E-state index in [1.807, 2.05) is 25.1 Å². The molecule has 1 aromatic carbocycles. The van der Waals surface area contributed by atoms with Crippen LogP contribution in [0.5, 0.6) is 5.75 Å². The highest BCUT2D eigenvalue weighted by Crippen LogP contribution is 2.40. The number of anilines is 1. The molecule has 1 amide bonds. The Morgan fingerprint density at radius 3 is 3.00 bits per heavy atom. The van der Waals surface area contributed by atoms with Gasteiger partial charge in [0.25, 0.3) is 5.91 Å². The van der Waals surface area contributed by atoms with Crippen molar-refractivity contribution in [1.29, 1.82) is 0 Å². The average molecular weight is 329 g/mol. The van der Waals surface area contributed by atoms with Gasteiger partial charge in [0.1, 0.15) is 5.75 Å². The minimum absolute atomic E-state index is 0.0535. The molecule has 0 bridgehead atoms. The van der Waals surface area contributed by atoms with Gasteiger partial charge in [-0.25, -0.2) is 0 Å². The largest absolute Gasteiger partial charge is 0.482 e. The monoisotopic (exact) mass is 329 g/mol. The third-order valence-corrected chi connectivity index (χ3v) is 4.91. The van der Waals surface area contributed by atoms with Gasteiger partial charge in [-0.3, -0.25) is 4.79 Å². The van der Waals surface area contributed by atoms with Crippen molar-refractivity contribution in [2.75, 3.05) is 11.9 Å². The van der Waals surface area contributed by atoms with Crippen LogP contribution in [0.4, 0.5) is 5.69 Å². The van der Waals surface area contributed by atoms with Gasteiger partial charge in [0.05, 0.1) is 16.1 Å². The van der Waals surface area contributed by atoms with Crippen LogP contribution in [0.1, 0.15) is 25.2 Å². The topological polar surface area (TPSA) is 81.4 Å². The minimum atomic E-state index is -0.261. The molecule has 2 aromatic rings. The fraction of sp³-hybridized carbons (Fsp3) is 0.333. The molecule has 0 saturated heterocycles. The first kappa shape index (κ1) is 14.3. The van der Waals surface area contributed by atoms with Crippen LogP contribution in [0.3, 0.4) is 0 Å². The molecule has 4 rings (SSSR count). The Morgan fingerprint density at radius 1 is 1.35 bits per heavy atom. The molecule has 1 aromatic heterocycles. The van der Waals surface area contributed by atoms with Crippen molar-refractivity contribution >= 4 is 29.1 Å². The van der Waals surface area contributed by atoms with E-state index in [0.29, 0.717) is 11.4 Å². The van der Waals surface area contributed by atoms with E-state index in [2.05, 4.69) is 29.4 Å². The third-order valence-electron chi connectivity index (χ3n) is 3.77. The molecule has 1 N–H and O–H groups in total. The normalized spacial score (nSPS) is 18.4. The molecule has 0 radical (unpaired) electrons. The van der Waals surface area contributed by atoms with Crippen LogP contribution in [-0.4, -0.2) is 37.8 Å². The van der Waals surface area contributed by atoms with Gasteiger partial charge in [0.2, 0.25) is 5.16 Å². The van der Waals surface area contributed by atoms with Crippen LogP contribution in [0, 0.1) is 6.92 Å². The Labute approximate surface area is 137 Å². The number of carbonyl (C=O) groups excluding carboxylic acids is 1. The van der Waals surface area contributed by atoms with E-state index in [4.69, 9.17) is 9.84 Å². The fourth-order valence-electron chi connectivity index (χ4n) is 2.65. The number of carbonyl (C=O) groups is 1. The molecule has 0 spiro atoms. The lowest BCUT2D eigenvalue weighted by molar-refractivity contribution is -0.118. The minimum Gasteiger partial charge on any atom is -0.482 e. The first-order chi connectivity index (χ1) is 10.9. The van der Waals surface area contributed by atoms with Gasteiger partial charge in [0.15, 0.2) is 12.4 Å². The SMILES string of the molecule is Cc1nnc2n1N=C(c1ccc3c(c1)NC(=O)CO3)C(C)(C)S2. The van der Waals surface area contributed by atoms with Crippen LogP contribution < -0.4 is 10.1 Å². The number of amides is 1. The van der Waals surface area contributed by atoms with Gasteiger partial charge < -0.3 is 10.1 Å². The Hall–Kier alpha value is -2.35. The van der Waals surface area contributed by atoms with Crippen molar-refractivity contribution in [3.8, 4) is 5.75 Å². The van der Waals surface area contributed by atoms with Gasteiger partial charge >= 0.3 is 0 Å². The summed E-state index contributed by atoms with van der Waals surface area (Å²) in [6, 6.07) is 5.72. The molecule has 2 aliphatic heterocycles. The molecule has 0 atom stereocenters. The number of aryl methyl sites for hydroxylation is 1. The van der Waals surface area contributed by atoms with Crippen molar-refractivity contribution in [2.45, 2.75) is 30.7 Å². The molecule has 0 aliphatic carbocycles. The number of hydrogen-bond acceptors (Lipinski definition) is 6. The first-order valence-electron chi connectivity index (χ1n) is 7.21. The molecule has 118 valence electrons. The first-order valence-corrected chi connectivity index (χ1v) is 8.03. The fourth-order valence-corrected chi connectivity index (χ4v) is 3.70. The number of nitrogens with zero attached hydrogens (tertiary/aromatic N) is 4. The summed E-state index contributed by atoms with van der Waals surface area (Å²) in [6.07, 6.45) is 0. The van der Waals surface area contributed by atoms with Crippen molar-refractivity contribution in [2.24, 2.45) is 5.10 Å². The lowest BCUT2D eigenvalue weighted by Gasteiger charge is -2.30. The molecule has 0 saturated carbocycles. The van der Waals surface area contributed by atoms with E-state index in [1.54, 1.807) is 16.4 Å². The number of rotatable bonds is 1. The quantitative estimate of drug-likeness (QED) is 0.866. The summed E-state index contributed by atoms with van der Waals surface area (Å²) in [4.78, 5) is 11.5. The predicted octanol–water partition coefficient (Wildman–Crippen LogP) is 2.05. The number of benzene rings is 1. The zero-order valence-corrected chi connectivity index (χ0v) is 13.8. The molecule has 7 nitrogen and oxygen atoms in total. The van der Waals surface area contributed by atoms with Crippen LogP contribution in [0.2, 0.25) is 0 Å². The van der Waals surface area contributed by atoms with Crippen LogP contribution in [-0.2, 0) is 4.79 Å². The van der Waals surface area contributed by atoms with Crippen molar-refractivity contribution in [3.05, 3.63) is 29.6 Å². The maximum atomic E-state index is 11.5. The Bertz CT molecular complexity index is 856. The second-order valence-corrected chi connectivity index (χ2v) is 7.54. The lowest BCUT2D eigenvalue weighted by Crippen LogP contribution is -2.33. The molecular formula is C15H15N5O2S. The number of fused-ring (bicyclic) bond motifs is 2. The second-order valence-electron chi connectivity index (χ2n) is 5.95. The van der Waals surface area contributed by atoms with Crippen LogP contribution in [0.25, 0.3) is 0 Å². The second kappa shape index (κ2) is 4.82. The van der Waals surface area contributed by atoms with Gasteiger partial charge in [-0.1, -0.05) is 11.8 Å². The summed E-state index contributed by atoms with van der Waals surface area (Å²) in [7, 11) is 0. The summed E-state index contributed by atoms with van der Waals surface area (Å²) in [5.41, 5.74) is 2.51. The highest BCUT2D eigenvalue weighted by molar-refractivity contribution is 8.01. The molecule has 3 heterocycles. The standard InChI is InChI=1S/C15H15N5O2S/c1-8-17-18-14-20(8)19-13(15(2,3)23-14)9-4-5-11-10(6-9)16-12(21)7-22-11/h4-6H,7H2,1-3H3,(H,16,21). The average Bonchev–Trinajstić information content (AvgIpc) is 2.84. The van der Waals surface area contributed by atoms with Crippen molar-refractivity contribution < 1.29 is 9.53 Å². The molecular weight excluding hydrogens is 314 g/mol. The number of nitrogens with one attached hydrogen (secondary N) is 1. The van der Waals surface area contributed by atoms with E-state index in [0.717, 1.165) is 22.3 Å². The summed E-state index contributed by atoms with van der Waals surface area (Å²) in [6.45, 7) is 6.12. The van der Waals surface area contributed by atoms with E-state index < -0.39 is 0 Å². The van der Waals surface area contributed by atoms with Crippen molar-refractivity contribution in [1.82, 2.24) is 14.9 Å². The molecule has 0 fully saturated rings. The lowest BCUT2D eigenvalue weighted by atomic mass is 9.98. The smallest absolute Gasteiger partial charge is 0.262 e. The highest BCUT2D eigenvalue weighted by Gasteiger charge is 2.35. The number of thioether (sulfide) groups is 1. The van der Waals surface area contributed by atoms with Crippen molar-refractivity contribution in [3.63, 3.8) is 0 Å². The molecule has 2 aliphatic rings. The highest BCUT2D eigenvalue weighted by atomic mass is 32.2. The Balaban J connectivity index is 1.83. The third kappa shape index (κ3) is 2.29. The van der Waals surface area contributed by atoms with E-state index in [-0.39, 0.29) is 17.3 Å². The maximum Gasteiger partial charge on any atom is 0.262 e. The van der Waals surface area contributed by atoms with Crippen LogP contribution >= 0.6 is 11.8 Å². The van der Waals surface area contributed by atoms with Gasteiger partial charge in [-0.15, -0.1) is 10.2 Å². The zero-order chi connectivity index (χ0) is 16.2. The van der Waals surface area contributed by atoms with Gasteiger partial charge in [-0.05, 0) is 39.0 Å². The summed E-state index contributed by atoms with van der Waals surface area (Å²) >= 11 is 1.62. The number of aromatic nitrogens is 3. The Morgan fingerprint density at radius 2 is 2.17 bits per heavy atom. The zero-order valence-electron chi connectivity index (χ0n) is 13.0. The van der Waals surface area contributed by atoms with Gasteiger partial charge in [0, 0.05) is 5.56 Å².